The average molecular weight is 582 g/mol. The number of rotatable bonds is 6. The second-order valence-corrected chi connectivity index (χ2v) is 12.0. The number of aromatic nitrogens is 2. The molecule has 0 N–H and O–H groups in total. The summed E-state index contributed by atoms with van der Waals surface area (Å²) in [7, 11) is 0. The molecular formula is C25H24AsClF3N3O3. The third-order valence-corrected chi connectivity index (χ3v) is 9.42. The van der Waals surface area contributed by atoms with Crippen molar-refractivity contribution < 1.29 is 27.5 Å². The Hall–Kier alpha value is -2.77. The van der Waals surface area contributed by atoms with Crippen molar-refractivity contribution in [1.82, 2.24) is 14.7 Å². The van der Waals surface area contributed by atoms with Gasteiger partial charge in [-0.25, -0.2) is 0 Å². The zero-order valence-electron chi connectivity index (χ0n) is 19.4. The number of nitrogens with zero attached hydrogens (tertiary/aromatic N) is 3. The van der Waals surface area contributed by atoms with Crippen LogP contribution in [0.15, 0.2) is 54.6 Å². The number of ether oxygens (including phenoxy) is 1. The summed E-state index contributed by atoms with van der Waals surface area (Å²) in [6.45, 7) is 3.25. The summed E-state index contributed by atoms with van der Waals surface area (Å²) in [5.74, 6) is 0. The molecule has 1 unspecified atom stereocenters. The molecule has 3 aromatic rings. The van der Waals surface area contributed by atoms with Gasteiger partial charge in [0.15, 0.2) is 0 Å². The van der Waals surface area contributed by atoms with Crippen molar-refractivity contribution in [2.45, 2.75) is 30.6 Å². The number of para-hydroxylation sites is 1. The second kappa shape index (κ2) is 11.1. The third kappa shape index (κ3) is 5.95. The van der Waals surface area contributed by atoms with Crippen LogP contribution in [0.5, 0.6) is 0 Å². The normalized spacial score (nSPS) is 15.0. The van der Waals surface area contributed by atoms with Crippen LogP contribution in [0.25, 0.3) is 16.9 Å². The molecule has 2 heterocycles. The van der Waals surface area contributed by atoms with Gasteiger partial charge in [-0.15, -0.1) is 0 Å². The van der Waals surface area contributed by atoms with Crippen molar-refractivity contribution in [3.63, 3.8) is 0 Å². The number of carbonyl (C=O) groups is 2. The van der Waals surface area contributed by atoms with Crippen LogP contribution in [0.4, 0.5) is 18.0 Å². The molecule has 1 saturated heterocycles. The molecule has 0 aliphatic carbocycles. The Balaban J connectivity index is 1.50. The molecule has 6 nitrogen and oxygen atoms in total. The van der Waals surface area contributed by atoms with Crippen molar-refractivity contribution in [3.05, 3.63) is 70.9 Å². The van der Waals surface area contributed by atoms with Gasteiger partial charge in [0.05, 0.1) is 0 Å². The summed E-state index contributed by atoms with van der Waals surface area (Å²) >= 11 is 5.26. The summed E-state index contributed by atoms with van der Waals surface area (Å²) < 4.78 is 46.9. The average Bonchev–Trinajstić information content (AvgIpc) is 3.31. The maximum absolute atomic E-state index is 13.4. The number of hydrogen-bond acceptors (Lipinski definition) is 4. The fraction of sp³-hybridized carbons (Fsp3) is 0.320. The van der Waals surface area contributed by atoms with E-state index in [0.29, 0.717) is 36.5 Å². The molecule has 1 fully saturated rings. The molecule has 0 spiro atoms. The number of hydrogen-bond donors (Lipinski definition) is 0. The van der Waals surface area contributed by atoms with Gasteiger partial charge in [-0.3, -0.25) is 0 Å². The fourth-order valence-corrected chi connectivity index (χ4v) is 6.86. The molecule has 11 heteroatoms. The quantitative estimate of drug-likeness (QED) is 0.344. The Morgan fingerprint density at radius 1 is 1.11 bits per heavy atom. The van der Waals surface area contributed by atoms with Crippen molar-refractivity contribution in [3.8, 4) is 16.9 Å². The first kappa shape index (κ1) is 26.3. The van der Waals surface area contributed by atoms with Gasteiger partial charge in [0, 0.05) is 0 Å². The van der Waals surface area contributed by atoms with E-state index in [1.807, 2.05) is 0 Å². The SMILES string of the molecule is CCOC(=O)N1CCC([AsH]C(=O)c2ccc(-c3cc(C(F)(F)F)nn3-c3ccccc3Cl)cc2)CC1. The molecule has 1 aliphatic heterocycles. The molecule has 2 aromatic carbocycles. The van der Waals surface area contributed by atoms with Crippen LogP contribution in [0.3, 0.4) is 0 Å². The zero-order valence-corrected chi connectivity index (χ0v) is 22.2. The number of alkyl halides is 3. The topological polar surface area (TPSA) is 64.4 Å². The minimum atomic E-state index is -4.62. The molecule has 0 saturated carbocycles. The number of halogens is 4. The first-order valence-electron chi connectivity index (χ1n) is 11.4. The maximum atomic E-state index is 13.4. The summed E-state index contributed by atoms with van der Waals surface area (Å²) in [6.07, 6.45) is -3.41. The second-order valence-electron chi connectivity index (χ2n) is 8.29. The van der Waals surface area contributed by atoms with Crippen LogP contribution < -0.4 is 0 Å². The zero-order chi connectivity index (χ0) is 25.9. The van der Waals surface area contributed by atoms with Crippen LogP contribution in [-0.2, 0) is 10.9 Å². The van der Waals surface area contributed by atoms with Gasteiger partial charge in [0.2, 0.25) is 0 Å². The summed E-state index contributed by atoms with van der Waals surface area (Å²) in [6, 6.07) is 14.1. The van der Waals surface area contributed by atoms with Gasteiger partial charge in [0.25, 0.3) is 0 Å². The monoisotopic (exact) mass is 581 g/mol. The number of carbonyl (C=O) groups excluding carboxylic acids is 2. The van der Waals surface area contributed by atoms with E-state index in [4.69, 9.17) is 16.3 Å². The van der Waals surface area contributed by atoms with E-state index in [0.717, 1.165) is 18.9 Å². The summed E-state index contributed by atoms with van der Waals surface area (Å²) in [4.78, 5) is 26.4. The van der Waals surface area contributed by atoms with E-state index in [1.165, 1.54) is 4.68 Å². The van der Waals surface area contributed by atoms with Crippen LogP contribution in [0.2, 0.25) is 9.73 Å². The molecule has 1 aliphatic rings. The van der Waals surface area contributed by atoms with Gasteiger partial charge in [-0.05, 0) is 0 Å². The van der Waals surface area contributed by atoms with E-state index in [2.05, 4.69) is 5.10 Å². The first-order valence-corrected chi connectivity index (χ1v) is 14.1. The molecule has 4 rings (SSSR count). The number of likely N-dealkylation sites (tertiary alicyclic amines) is 1. The van der Waals surface area contributed by atoms with Gasteiger partial charge in [-0.2, -0.15) is 0 Å². The molecule has 0 bridgehead atoms. The number of amides is 1. The Morgan fingerprint density at radius 3 is 2.39 bits per heavy atom. The molecule has 1 atom stereocenters. The molecular weight excluding hydrogens is 558 g/mol. The van der Waals surface area contributed by atoms with Crippen molar-refractivity contribution >= 4 is 38.0 Å². The van der Waals surface area contributed by atoms with Crippen molar-refractivity contribution in [2.75, 3.05) is 19.7 Å². The summed E-state index contributed by atoms with van der Waals surface area (Å²) in [5, 5.41) is 4.03. The molecule has 1 amide bonds. The minimum absolute atomic E-state index is 0.0757. The van der Waals surface area contributed by atoms with E-state index < -0.39 is 27.6 Å². The van der Waals surface area contributed by atoms with Crippen LogP contribution in [-0.4, -0.2) is 60.8 Å². The van der Waals surface area contributed by atoms with E-state index >= 15 is 0 Å². The standard InChI is InChI=1S/C25H24AsClF3N3O3/c1-2-36-24(35)32-13-11-18(12-14-32)26-23(34)17-9-7-16(8-10-17)21-15-22(25(28,29)30)31-33(21)20-6-4-3-5-19(20)27/h3-10,15,18,26H,2,11-14H2,1H3. The van der Waals surface area contributed by atoms with E-state index in [-0.39, 0.29) is 26.1 Å². The summed E-state index contributed by atoms with van der Waals surface area (Å²) in [5.41, 5.74) is 0.532. The number of benzene rings is 2. The molecule has 36 heavy (non-hydrogen) atoms. The predicted octanol–water partition coefficient (Wildman–Crippen LogP) is 5.83. The fourth-order valence-electron chi connectivity index (χ4n) is 4.01. The predicted molar refractivity (Wildman–Crippen MR) is 132 cm³/mol. The van der Waals surface area contributed by atoms with Gasteiger partial charge in [0.1, 0.15) is 0 Å². The Morgan fingerprint density at radius 2 is 1.78 bits per heavy atom. The molecule has 1 aromatic heterocycles. The van der Waals surface area contributed by atoms with Crippen molar-refractivity contribution in [2.24, 2.45) is 0 Å². The Kier molecular flexibility index (Phi) is 8.10. The van der Waals surface area contributed by atoms with E-state index in [1.54, 1.807) is 60.4 Å². The van der Waals surface area contributed by atoms with Crippen LogP contribution in [0.1, 0.15) is 35.8 Å². The van der Waals surface area contributed by atoms with Crippen LogP contribution in [0, 0.1) is 0 Å². The van der Waals surface area contributed by atoms with Gasteiger partial charge < -0.3 is 0 Å². The van der Waals surface area contributed by atoms with Crippen LogP contribution >= 0.6 is 11.6 Å². The first-order chi connectivity index (χ1) is 17.2. The number of piperidine rings is 1. The van der Waals surface area contributed by atoms with Crippen molar-refractivity contribution in [1.29, 1.82) is 0 Å². The molecule has 0 radical (unpaired) electrons. The van der Waals surface area contributed by atoms with E-state index in [9.17, 15) is 22.8 Å². The Bertz CT molecular complexity index is 1240. The van der Waals surface area contributed by atoms with Gasteiger partial charge in [-0.1, -0.05) is 0 Å². The van der Waals surface area contributed by atoms with Gasteiger partial charge >= 0.3 is 218 Å². The Labute approximate surface area is 218 Å². The third-order valence-electron chi connectivity index (χ3n) is 5.88. The molecule has 190 valence electrons.